The van der Waals surface area contributed by atoms with Gasteiger partial charge in [-0.05, 0) is 36.6 Å². The van der Waals surface area contributed by atoms with E-state index in [9.17, 15) is 4.79 Å². The van der Waals surface area contributed by atoms with Gasteiger partial charge in [-0.15, -0.1) is 22.7 Å². The lowest BCUT2D eigenvalue weighted by atomic mass is 10.2. The van der Waals surface area contributed by atoms with E-state index in [4.69, 9.17) is 0 Å². The fourth-order valence-corrected chi connectivity index (χ4v) is 4.26. The van der Waals surface area contributed by atoms with Gasteiger partial charge in [-0.25, -0.2) is 4.98 Å². The molecule has 4 aromatic rings. The number of rotatable bonds is 4. The molecule has 1 N–H and O–H groups in total. The lowest BCUT2D eigenvalue weighted by Gasteiger charge is -2.05. The monoisotopic (exact) mass is 366 g/mol. The van der Waals surface area contributed by atoms with E-state index in [2.05, 4.69) is 26.3 Å². The number of thiophene rings is 1. The second kappa shape index (κ2) is 6.70. The van der Waals surface area contributed by atoms with Crippen LogP contribution in [-0.2, 0) is 6.54 Å². The summed E-state index contributed by atoms with van der Waals surface area (Å²) in [6, 6.07) is 9.41. The predicted molar refractivity (Wildman–Crippen MR) is 101 cm³/mol. The summed E-state index contributed by atoms with van der Waals surface area (Å²) < 4.78 is 0. The quantitative estimate of drug-likeness (QED) is 0.591. The summed E-state index contributed by atoms with van der Waals surface area (Å²) in [6.45, 7) is 2.44. The molecule has 0 saturated carbocycles. The molecule has 0 atom stereocenters. The number of amides is 1. The van der Waals surface area contributed by atoms with Gasteiger partial charge in [-0.3, -0.25) is 14.8 Å². The van der Waals surface area contributed by atoms with Crippen LogP contribution in [0.25, 0.3) is 20.9 Å². The Labute approximate surface area is 152 Å². The molecule has 7 heteroatoms. The molecule has 3 aromatic heterocycles. The number of carbonyl (C=O) groups excluding carboxylic acids is 1. The van der Waals surface area contributed by atoms with Crippen molar-refractivity contribution in [2.75, 3.05) is 0 Å². The van der Waals surface area contributed by atoms with Crippen LogP contribution in [0.2, 0.25) is 0 Å². The van der Waals surface area contributed by atoms with E-state index in [1.165, 1.54) is 0 Å². The van der Waals surface area contributed by atoms with Gasteiger partial charge >= 0.3 is 0 Å². The van der Waals surface area contributed by atoms with E-state index in [0.29, 0.717) is 17.6 Å². The van der Waals surface area contributed by atoms with E-state index < -0.39 is 0 Å². The van der Waals surface area contributed by atoms with Gasteiger partial charge in [-0.1, -0.05) is 6.07 Å². The highest BCUT2D eigenvalue weighted by molar-refractivity contribution is 7.21. The molecule has 4 rings (SSSR count). The maximum Gasteiger partial charge on any atom is 0.251 e. The molecule has 0 bridgehead atoms. The number of fused-ring (bicyclic) bond motifs is 1. The number of hydrogen-bond acceptors (Lipinski definition) is 6. The molecule has 0 radical (unpaired) electrons. The van der Waals surface area contributed by atoms with Crippen LogP contribution in [0.5, 0.6) is 0 Å². The molecule has 1 aromatic carbocycles. The van der Waals surface area contributed by atoms with Gasteiger partial charge in [0, 0.05) is 22.8 Å². The molecular formula is C18H14N4OS2. The van der Waals surface area contributed by atoms with Crippen molar-refractivity contribution in [2.45, 2.75) is 13.5 Å². The van der Waals surface area contributed by atoms with E-state index in [1.54, 1.807) is 47.2 Å². The molecule has 25 heavy (non-hydrogen) atoms. The van der Waals surface area contributed by atoms with Crippen molar-refractivity contribution in [3.63, 3.8) is 0 Å². The summed E-state index contributed by atoms with van der Waals surface area (Å²) in [5, 5.41) is 6.00. The average molecular weight is 366 g/mol. The van der Waals surface area contributed by atoms with Crippen LogP contribution in [0.4, 0.5) is 0 Å². The van der Waals surface area contributed by atoms with Gasteiger partial charge in [0.2, 0.25) is 0 Å². The van der Waals surface area contributed by atoms with Gasteiger partial charge in [0.05, 0.1) is 28.1 Å². The summed E-state index contributed by atoms with van der Waals surface area (Å²) in [4.78, 5) is 27.7. The molecule has 0 spiro atoms. The van der Waals surface area contributed by atoms with E-state index in [1.807, 2.05) is 24.4 Å². The fraction of sp³-hybridized carbons (Fsp3) is 0.111. The maximum absolute atomic E-state index is 12.4. The first-order valence-electron chi connectivity index (χ1n) is 7.70. The van der Waals surface area contributed by atoms with Crippen molar-refractivity contribution in [3.8, 4) is 9.88 Å². The van der Waals surface area contributed by atoms with Gasteiger partial charge in [-0.2, -0.15) is 0 Å². The maximum atomic E-state index is 12.4. The SMILES string of the molecule is Cc1nc(-c2cccs2)sc1CNC(=O)c1ccc2nccnc2c1. The van der Waals surface area contributed by atoms with Crippen molar-refractivity contribution in [3.05, 3.63) is 64.2 Å². The number of carbonyl (C=O) groups is 1. The summed E-state index contributed by atoms with van der Waals surface area (Å²) in [5.74, 6) is -0.127. The third-order valence-electron chi connectivity index (χ3n) is 3.77. The molecule has 0 unspecified atom stereocenters. The number of thiazole rings is 1. The molecule has 1 amide bonds. The Kier molecular flexibility index (Phi) is 4.25. The summed E-state index contributed by atoms with van der Waals surface area (Å²) >= 11 is 3.29. The van der Waals surface area contributed by atoms with Crippen molar-refractivity contribution < 1.29 is 4.79 Å². The summed E-state index contributed by atoms with van der Waals surface area (Å²) in [7, 11) is 0. The zero-order valence-electron chi connectivity index (χ0n) is 13.4. The molecule has 0 aliphatic heterocycles. The minimum absolute atomic E-state index is 0.127. The largest absolute Gasteiger partial charge is 0.347 e. The first kappa shape index (κ1) is 15.9. The molecular weight excluding hydrogens is 352 g/mol. The third kappa shape index (κ3) is 3.29. The molecule has 0 aliphatic rings. The van der Waals surface area contributed by atoms with Crippen molar-refractivity contribution >= 4 is 39.6 Å². The average Bonchev–Trinajstić information content (AvgIpc) is 3.29. The van der Waals surface area contributed by atoms with Crippen LogP contribution in [-0.4, -0.2) is 20.9 Å². The van der Waals surface area contributed by atoms with Crippen molar-refractivity contribution in [1.29, 1.82) is 0 Å². The highest BCUT2D eigenvalue weighted by Crippen LogP contribution is 2.31. The van der Waals surface area contributed by atoms with Gasteiger partial charge in [0.15, 0.2) is 0 Å². The summed E-state index contributed by atoms with van der Waals surface area (Å²) in [6.07, 6.45) is 3.26. The van der Waals surface area contributed by atoms with Gasteiger partial charge in [0.1, 0.15) is 5.01 Å². The standard InChI is InChI=1S/C18H14N4OS2/c1-11-16(25-18(22-11)15-3-2-8-24-15)10-21-17(23)12-4-5-13-14(9-12)20-7-6-19-13/h2-9H,10H2,1H3,(H,21,23). The molecule has 0 aliphatic carbocycles. The summed E-state index contributed by atoms with van der Waals surface area (Å²) in [5.41, 5.74) is 3.02. The molecule has 0 fully saturated rings. The smallest absolute Gasteiger partial charge is 0.251 e. The van der Waals surface area contributed by atoms with Gasteiger partial charge in [0.25, 0.3) is 5.91 Å². The van der Waals surface area contributed by atoms with Crippen LogP contribution in [0.15, 0.2) is 48.1 Å². The van der Waals surface area contributed by atoms with E-state index >= 15 is 0 Å². The Morgan fingerprint density at radius 1 is 1.16 bits per heavy atom. The lowest BCUT2D eigenvalue weighted by Crippen LogP contribution is -2.22. The van der Waals surface area contributed by atoms with Crippen LogP contribution < -0.4 is 5.32 Å². The first-order valence-corrected chi connectivity index (χ1v) is 9.39. The second-order valence-electron chi connectivity index (χ2n) is 5.45. The number of hydrogen-bond donors (Lipinski definition) is 1. The van der Waals surface area contributed by atoms with Crippen molar-refractivity contribution in [2.24, 2.45) is 0 Å². The second-order valence-corrected chi connectivity index (χ2v) is 7.48. The fourth-order valence-electron chi connectivity index (χ4n) is 2.46. The van der Waals surface area contributed by atoms with Crippen LogP contribution in [0.3, 0.4) is 0 Å². The van der Waals surface area contributed by atoms with Crippen LogP contribution in [0, 0.1) is 6.92 Å². The number of aromatic nitrogens is 3. The lowest BCUT2D eigenvalue weighted by molar-refractivity contribution is 0.0951. The van der Waals surface area contributed by atoms with E-state index in [0.717, 1.165) is 26.0 Å². The third-order valence-corrected chi connectivity index (χ3v) is 5.96. The Hall–Kier alpha value is -2.64. The molecule has 3 heterocycles. The number of benzene rings is 1. The number of nitrogens with one attached hydrogen (secondary N) is 1. The van der Waals surface area contributed by atoms with Crippen LogP contribution >= 0.6 is 22.7 Å². The minimum atomic E-state index is -0.127. The zero-order chi connectivity index (χ0) is 17.2. The first-order chi connectivity index (χ1) is 12.2. The van der Waals surface area contributed by atoms with Gasteiger partial charge < -0.3 is 5.32 Å². The topological polar surface area (TPSA) is 67.8 Å². The Morgan fingerprint density at radius 2 is 2.00 bits per heavy atom. The van der Waals surface area contributed by atoms with Crippen molar-refractivity contribution in [1.82, 2.24) is 20.3 Å². The number of aryl methyl sites for hydroxylation is 1. The Bertz CT molecular complexity index is 1040. The predicted octanol–water partition coefficient (Wildman–Crippen LogP) is 4.05. The molecule has 5 nitrogen and oxygen atoms in total. The number of nitrogens with zero attached hydrogens (tertiary/aromatic N) is 3. The Balaban J connectivity index is 1.49. The zero-order valence-corrected chi connectivity index (χ0v) is 15.0. The molecule has 124 valence electrons. The highest BCUT2D eigenvalue weighted by atomic mass is 32.1. The molecule has 0 saturated heterocycles. The highest BCUT2D eigenvalue weighted by Gasteiger charge is 2.12. The minimum Gasteiger partial charge on any atom is -0.347 e. The van der Waals surface area contributed by atoms with E-state index in [-0.39, 0.29) is 5.91 Å². The normalized spacial score (nSPS) is 10.9. The Morgan fingerprint density at radius 3 is 2.80 bits per heavy atom. The van der Waals surface area contributed by atoms with Crippen LogP contribution in [0.1, 0.15) is 20.9 Å².